The van der Waals surface area contributed by atoms with Crippen LogP contribution >= 0.6 is 11.6 Å². The van der Waals surface area contributed by atoms with Gasteiger partial charge in [0.25, 0.3) is 0 Å². The standard InChI is InChI=1S/C12H16ClN3O/c1-16(2)6-5-11(17)8-3-4-10-9(12(8)13)7-14-15-10/h3-4,7,11,17H,5-6H2,1-2H3,(H,14,15). The molecule has 2 N–H and O–H groups in total. The number of hydrogen-bond donors (Lipinski definition) is 2. The summed E-state index contributed by atoms with van der Waals surface area (Å²) in [4.78, 5) is 2.04. The van der Waals surface area contributed by atoms with Crippen LogP contribution in [0.15, 0.2) is 18.3 Å². The molecule has 0 spiro atoms. The van der Waals surface area contributed by atoms with E-state index < -0.39 is 6.10 Å². The average molecular weight is 254 g/mol. The van der Waals surface area contributed by atoms with E-state index in [-0.39, 0.29) is 0 Å². The Balaban J connectivity index is 2.25. The van der Waals surface area contributed by atoms with Crippen LogP contribution in [0.5, 0.6) is 0 Å². The van der Waals surface area contributed by atoms with Crippen molar-refractivity contribution in [1.82, 2.24) is 15.1 Å². The third kappa shape index (κ3) is 2.60. The summed E-state index contributed by atoms with van der Waals surface area (Å²) in [5.41, 5.74) is 1.65. The summed E-state index contributed by atoms with van der Waals surface area (Å²) in [5, 5.41) is 18.3. The maximum Gasteiger partial charge on any atom is 0.0816 e. The zero-order valence-electron chi connectivity index (χ0n) is 9.94. The van der Waals surface area contributed by atoms with Crippen LogP contribution in [0.4, 0.5) is 0 Å². The number of rotatable bonds is 4. The Morgan fingerprint density at radius 2 is 2.24 bits per heavy atom. The molecule has 2 aromatic rings. The van der Waals surface area contributed by atoms with Crippen LogP contribution in [-0.4, -0.2) is 40.8 Å². The van der Waals surface area contributed by atoms with Crippen molar-refractivity contribution in [3.63, 3.8) is 0 Å². The molecule has 0 amide bonds. The summed E-state index contributed by atoms with van der Waals surface area (Å²) in [6, 6.07) is 3.74. The van der Waals surface area contributed by atoms with Crippen molar-refractivity contribution >= 4 is 22.5 Å². The topological polar surface area (TPSA) is 52.1 Å². The largest absolute Gasteiger partial charge is 0.388 e. The molecule has 2 rings (SSSR count). The summed E-state index contributed by atoms with van der Waals surface area (Å²) >= 11 is 6.26. The van der Waals surface area contributed by atoms with Crippen molar-refractivity contribution < 1.29 is 5.11 Å². The number of nitrogens with one attached hydrogen (secondary N) is 1. The lowest BCUT2D eigenvalue weighted by molar-refractivity contribution is 0.154. The third-order valence-electron chi connectivity index (χ3n) is 2.80. The minimum absolute atomic E-state index is 0.538. The number of aromatic nitrogens is 2. The fraction of sp³-hybridized carbons (Fsp3) is 0.417. The summed E-state index contributed by atoms with van der Waals surface area (Å²) in [5.74, 6) is 0. The molecule has 0 saturated heterocycles. The first-order valence-corrected chi connectivity index (χ1v) is 5.91. The van der Waals surface area contributed by atoms with E-state index in [1.165, 1.54) is 0 Å². The van der Waals surface area contributed by atoms with Crippen molar-refractivity contribution in [1.29, 1.82) is 0 Å². The molecule has 1 heterocycles. The second-order valence-corrected chi connectivity index (χ2v) is 4.79. The fourth-order valence-electron chi connectivity index (χ4n) is 1.79. The van der Waals surface area contributed by atoms with E-state index in [4.69, 9.17) is 11.6 Å². The van der Waals surface area contributed by atoms with Crippen LogP contribution in [0.1, 0.15) is 18.1 Å². The Hall–Kier alpha value is -1.10. The lowest BCUT2D eigenvalue weighted by Gasteiger charge is -2.16. The molecule has 0 saturated carbocycles. The first-order chi connectivity index (χ1) is 8.09. The van der Waals surface area contributed by atoms with Gasteiger partial charge in [-0.25, -0.2) is 0 Å². The molecule has 0 aliphatic carbocycles. The van der Waals surface area contributed by atoms with Crippen molar-refractivity contribution in [2.75, 3.05) is 20.6 Å². The van der Waals surface area contributed by atoms with Gasteiger partial charge in [-0.3, -0.25) is 5.10 Å². The number of H-pyrrole nitrogens is 1. The van der Waals surface area contributed by atoms with Gasteiger partial charge in [-0.15, -0.1) is 0 Å². The number of halogens is 1. The average Bonchev–Trinajstić information content (AvgIpc) is 2.75. The molecule has 0 radical (unpaired) electrons. The molecule has 0 aliphatic heterocycles. The molecule has 4 nitrogen and oxygen atoms in total. The number of hydrogen-bond acceptors (Lipinski definition) is 3. The predicted octanol–water partition coefficient (Wildman–Crippen LogP) is 2.20. The molecular weight excluding hydrogens is 238 g/mol. The highest BCUT2D eigenvalue weighted by Gasteiger charge is 2.14. The molecular formula is C12H16ClN3O. The maximum atomic E-state index is 10.1. The van der Waals surface area contributed by atoms with Crippen molar-refractivity contribution in [3.8, 4) is 0 Å². The Kier molecular flexibility index (Phi) is 3.66. The van der Waals surface area contributed by atoms with Crippen molar-refractivity contribution in [2.24, 2.45) is 0 Å². The van der Waals surface area contributed by atoms with Gasteiger partial charge < -0.3 is 10.0 Å². The summed E-state index contributed by atoms with van der Waals surface area (Å²) in [7, 11) is 3.96. The molecule has 0 aliphatic rings. The molecule has 17 heavy (non-hydrogen) atoms. The van der Waals surface area contributed by atoms with Gasteiger partial charge in [0.2, 0.25) is 0 Å². The van der Waals surface area contributed by atoms with Crippen LogP contribution in [0.2, 0.25) is 5.02 Å². The minimum atomic E-state index is -0.538. The van der Waals surface area contributed by atoms with E-state index in [2.05, 4.69) is 10.2 Å². The monoisotopic (exact) mass is 253 g/mol. The Labute approximate surface area is 105 Å². The van der Waals surface area contributed by atoms with E-state index in [9.17, 15) is 5.11 Å². The van der Waals surface area contributed by atoms with Gasteiger partial charge in [-0.1, -0.05) is 17.7 Å². The highest BCUT2D eigenvalue weighted by molar-refractivity contribution is 6.36. The lowest BCUT2D eigenvalue weighted by atomic mass is 10.0. The van der Waals surface area contributed by atoms with Gasteiger partial charge in [-0.2, -0.15) is 5.10 Å². The second-order valence-electron chi connectivity index (χ2n) is 4.41. The highest BCUT2D eigenvalue weighted by Crippen LogP contribution is 2.31. The Morgan fingerprint density at radius 3 is 2.94 bits per heavy atom. The summed E-state index contributed by atoms with van der Waals surface area (Å²) in [6.45, 7) is 0.820. The Bertz CT molecular complexity index is 509. The number of aliphatic hydroxyl groups excluding tert-OH is 1. The molecule has 0 fully saturated rings. The van der Waals surface area contributed by atoms with E-state index in [0.717, 1.165) is 23.0 Å². The first kappa shape index (κ1) is 12.4. The molecule has 92 valence electrons. The van der Waals surface area contributed by atoms with Crippen molar-refractivity contribution in [2.45, 2.75) is 12.5 Å². The molecule has 1 unspecified atom stereocenters. The zero-order chi connectivity index (χ0) is 12.4. The van der Waals surface area contributed by atoms with Crippen LogP contribution < -0.4 is 0 Å². The number of fused-ring (bicyclic) bond motifs is 1. The molecule has 1 aromatic heterocycles. The van der Waals surface area contributed by atoms with Gasteiger partial charge in [0.05, 0.1) is 22.8 Å². The van der Waals surface area contributed by atoms with E-state index in [0.29, 0.717) is 11.4 Å². The van der Waals surface area contributed by atoms with Gasteiger partial charge >= 0.3 is 0 Å². The summed E-state index contributed by atoms with van der Waals surface area (Å²) in [6.07, 6.45) is 1.81. The second kappa shape index (κ2) is 5.04. The molecule has 1 aromatic carbocycles. The molecule has 5 heteroatoms. The minimum Gasteiger partial charge on any atom is -0.388 e. The number of nitrogens with zero attached hydrogens (tertiary/aromatic N) is 2. The van der Waals surface area contributed by atoms with E-state index in [1.807, 2.05) is 31.1 Å². The van der Waals surface area contributed by atoms with Crippen molar-refractivity contribution in [3.05, 3.63) is 28.9 Å². The third-order valence-corrected chi connectivity index (χ3v) is 3.22. The van der Waals surface area contributed by atoms with Crippen LogP contribution in [0, 0.1) is 0 Å². The predicted molar refractivity (Wildman–Crippen MR) is 69.2 cm³/mol. The highest BCUT2D eigenvalue weighted by atomic mass is 35.5. The van der Waals surface area contributed by atoms with E-state index >= 15 is 0 Å². The lowest BCUT2D eigenvalue weighted by Crippen LogP contribution is -2.16. The first-order valence-electron chi connectivity index (χ1n) is 5.54. The van der Waals surface area contributed by atoms with Gasteiger partial charge in [0, 0.05) is 11.9 Å². The SMILES string of the molecule is CN(C)CCC(O)c1ccc2[nH]ncc2c1Cl. The van der Waals surface area contributed by atoms with Gasteiger partial charge in [-0.05, 0) is 32.1 Å². The number of aliphatic hydroxyl groups is 1. The quantitative estimate of drug-likeness (QED) is 0.878. The molecule has 1 atom stereocenters. The number of aromatic amines is 1. The van der Waals surface area contributed by atoms with Crippen LogP contribution in [0.25, 0.3) is 10.9 Å². The van der Waals surface area contributed by atoms with Crippen LogP contribution in [-0.2, 0) is 0 Å². The van der Waals surface area contributed by atoms with E-state index in [1.54, 1.807) is 6.20 Å². The Morgan fingerprint density at radius 1 is 1.47 bits per heavy atom. The zero-order valence-corrected chi connectivity index (χ0v) is 10.7. The van der Waals surface area contributed by atoms with Gasteiger partial charge in [0.1, 0.15) is 0 Å². The summed E-state index contributed by atoms with van der Waals surface area (Å²) < 4.78 is 0. The maximum absolute atomic E-state index is 10.1. The smallest absolute Gasteiger partial charge is 0.0816 e. The van der Waals surface area contributed by atoms with Crippen LogP contribution in [0.3, 0.4) is 0 Å². The normalized spacial score (nSPS) is 13.5. The molecule has 0 bridgehead atoms. The fourth-order valence-corrected chi connectivity index (χ4v) is 2.13. The van der Waals surface area contributed by atoms with Gasteiger partial charge in [0.15, 0.2) is 0 Å². The number of benzene rings is 1.